The Labute approximate surface area is 219 Å². The molecule has 2 aliphatic rings. The van der Waals surface area contributed by atoms with Crippen LogP contribution in [0.3, 0.4) is 0 Å². The molecule has 0 atom stereocenters. The molecule has 4 aromatic rings. The first-order valence-electron chi connectivity index (χ1n) is 12.0. The van der Waals surface area contributed by atoms with Gasteiger partial charge in [0.15, 0.2) is 11.5 Å². The first-order valence-corrected chi connectivity index (χ1v) is 12.0. The third kappa shape index (κ3) is 4.49. The van der Waals surface area contributed by atoms with E-state index in [0.717, 1.165) is 6.07 Å². The average Bonchev–Trinajstić information content (AvgIpc) is 3.74. The molecule has 3 N–H and O–H groups in total. The standard InChI is InChI=1S/C27H20F2N4O6/c28-14-1-3-15(4-2-14)32-25(35)27(7-8-27)26(36)33-18-6-5-16(11-17(18)29)39-24-21-19(30-13-31-24)12-20(34)22-23(21)38-10-9-37-22/h1-6,11-13,34H,7-10H2,(H,32,35)(H,33,36). The van der Waals surface area contributed by atoms with Crippen molar-refractivity contribution >= 4 is 34.1 Å². The highest BCUT2D eigenvalue weighted by molar-refractivity contribution is 6.17. The van der Waals surface area contributed by atoms with E-state index in [-0.39, 0.29) is 47.8 Å². The maximum Gasteiger partial charge on any atom is 0.240 e. The number of hydrogen-bond acceptors (Lipinski definition) is 8. The van der Waals surface area contributed by atoms with Gasteiger partial charge in [0.2, 0.25) is 23.4 Å². The summed E-state index contributed by atoms with van der Waals surface area (Å²) < 4.78 is 45.1. The molecular weight excluding hydrogens is 514 g/mol. The Morgan fingerprint density at radius 2 is 1.64 bits per heavy atom. The summed E-state index contributed by atoms with van der Waals surface area (Å²) in [6, 6.07) is 10.3. The number of rotatable bonds is 6. The second kappa shape index (κ2) is 9.39. The number of nitrogens with one attached hydrogen (secondary N) is 2. The van der Waals surface area contributed by atoms with Gasteiger partial charge in [0, 0.05) is 17.8 Å². The van der Waals surface area contributed by atoms with Crippen LogP contribution in [0.25, 0.3) is 10.9 Å². The summed E-state index contributed by atoms with van der Waals surface area (Å²) in [5.41, 5.74) is -0.804. The first kappa shape index (κ1) is 24.3. The van der Waals surface area contributed by atoms with Crippen molar-refractivity contribution in [3.05, 3.63) is 66.5 Å². The highest BCUT2D eigenvalue weighted by atomic mass is 19.1. The summed E-state index contributed by atoms with van der Waals surface area (Å²) in [7, 11) is 0. The van der Waals surface area contributed by atoms with Crippen LogP contribution in [0.15, 0.2) is 54.9 Å². The minimum atomic E-state index is -1.34. The van der Waals surface area contributed by atoms with Crippen LogP contribution >= 0.6 is 0 Å². The summed E-state index contributed by atoms with van der Waals surface area (Å²) in [5, 5.41) is 15.6. The largest absolute Gasteiger partial charge is 0.504 e. The van der Waals surface area contributed by atoms with Gasteiger partial charge >= 0.3 is 0 Å². The van der Waals surface area contributed by atoms with Crippen molar-refractivity contribution in [3.8, 4) is 28.9 Å². The van der Waals surface area contributed by atoms with Gasteiger partial charge in [-0.25, -0.2) is 18.7 Å². The van der Waals surface area contributed by atoms with E-state index in [4.69, 9.17) is 14.2 Å². The molecule has 1 aliphatic heterocycles. The van der Waals surface area contributed by atoms with Crippen molar-refractivity contribution in [2.75, 3.05) is 23.8 Å². The number of anilines is 2. The Balaban J connectivity index is 1.20. The molecule has 1 saturated carbocycles. The van der Waals surface area contributed by atoms with Gasteiger partial charge in [0.25, 0.3) is 0 Å². The van der Waals surface area contributed by atoms with Crippen LogP contribution in [0, 0.1) is 17.0 Å². The zero-order valence-corrected chi connectivity index (χ0v) is 20.2. The predicted molar refractivity (Wildman–Crippen MR) is 134 cm³/mol. The minimum Gasteiger partial charge on any atom is -0.504 e. The maximum absolute atomic E-state index is 15.0. The Kier molecular flexibility index (Phi) is 5.86. The quantitative estimate of drug-likeness (QED) is 0.308. The van der Waals surface area contributed by atoms with Gasteiger partial charge in [-0.1, -0.05) is 0 Å². The number of nitrogens with zero attached hydrogens (tertiary/aromatic N) is 2. The number of benzene rings is 3. The number of aromatic hydroxyl groups is 1. The third-order valence-electron chi connectivity index (χ3n) is 6.48. The lowest BCUT2D eigenvalue weighted by Crippen LogP contribution is -2.35. The van der Waals surface area contributed by atoms with Crippen LogP contribution in [0.5, 0.6) is 28.9 Å². The Hall–Kier alpha value is -5.00. The highest BCUT2D eigenvalue weighted by Crippen LogP contribution is 2.48. The smallest absolute Gasteiger partial charge is 0.240 e. The molecule has 2 heterocycles. The maximum atomic E-state index is 15.0. The zero-order chi connectivity index (χ0) is 27.1. The number of amides is 2. The summed E-state index contributed by atoms with van der Waals surface area (Å²) in [4.78, 5) is 34.0. The number of phenolic OH excluding ortho intramolecular Hbond substituents is 1. The average molecular weight is 534 g/mol. The van der Waals surface area contributed by atoms with E-state index >= 15 is 4.39 Å². The molecule has 0 bridgehead atoms. The summed E-state index contributed by atoms with van der Waals surface area (Å²) >= 11 is 0. The Morgan fingerprint density at radius 3 is 2.36 bits per heavy atom. The number of fused-ring (bicyclic) bond motifs is 3. The van der Waals surface area contributed by atoms with Crippen LogP contribution in [-0.2, 0) is 9.59 Å². The van der Waals surface area contributed by atoms with Crippen LogP contribution in [0.2, 0.25) is 0 Å². The van der Waals surface area contributed by atoms with Crippen LogP contribution in [-0.4, -0.2) is 40.1 Å². The predicted octanol–water partition coefficient (Wildman–Crippen LogP) is 4.53. The van der Waals surface area contributed by atoms with Gasteiger partial charge in [-0.05, 0) is 49.2 Å². The normalized spacial score (nSPS) is 14.9. The fourth-order valence-electron chi connectivity index (χ4n) is 4.25. The zero-order valence-electron chi connectivity index (χ0n) is 20.2. The molecule has 198 valence electrons. The second-order valence-corrected chi connectivity index (χ2v) is 9.06. The molecule has 0 saturated heterocycles. The molecule has 10 nitrogen and oxygen atoms in total. The van der Waals surface area contributed by atoms with Gasteiger partial charge in [0.05, 0.1) is 11.2 Å². The van der Waals surface area contributed by atoms with Crippen molar-refractivity contribution in [2.24, 2.45) is 5.41 Å². The van der Waals surface area contributed by atoms with E-state index in [0.29, 0.717) is 29.4 Å². The van der Waals surface area contributed by atoms with Gasteiger partial charge in [-0.3, -0.25) is 9.59 Å². The molecule has 0 unspecified atom stereocenters. The molecule has 1 fully saturated rings. The lowest BCUT2D eigenvalue weighted by atomic mass is 10.0. The Morgan fingerprint density at radius 1 is 0.923 bits per heavy atom. The molecule has 12 heteroatoms. The molecule has 0 spiro atoms. The topological polar surface area (TPSA) is 132 Å². The van der Waals surface area contributed by atoms with Crippen LogP contribution in [0.1, 0.15) is 12.8 Å². The highest BCUT2D eigenvalue weighted by Gasteiger charge is 2.56. The molecule has 6 rings (SSSR count). The molecule has 3 aromatic carbocycles. The van der Waals surface area contributed by atoms with Crippen molar-refractivity contribution in [1.29, 1.82) is 0 Å². The van der Waals surface area contributed by atoms with Gasteiger partial charge in [0.1, 0.15) is 47.7 Å². The van der Waals surface area contributed by atoms with Crippen molar-refractivity contribution < 1.29 is 37.7 Å². The summed E-state index contributed by atoms with van der Waals surface area (Å²) in [6.07, 6.45) is 1.81. The fraction of sp³-hybridized carbons (Fsp3) is 0.185. The van der Waals surface area contributed by atoms with Crippen molar-refractivity contribution in [2.45, 2.75) is 12.8 Å². The molecule has 1 aliphatic carbocycles. The van der Waals surface area contributed by atoms with Crippen molar-refractivity contribution in [3.63, 3.8) is 0 Å². The lowest BCUT2D eigenvalue weighted by molar-refractivity contribution is -0.131. The summed E-state index contributed by atoms with van der Waals surface area (Å²) in [6.45, 7) is 0.496. The van der Waals surface area contributed by atoms with Gasteiger partial charge in [-0.2, -0.15) is 0 Å². The van der Waals surface area contributed by atoms with E-state index in [1.807, 2.05) is 0 Å². The first-order chi connectivity index (χ1) is 18.8. The van der Waals surface area contributed by atoms with Crippen LogP contribution in [0.4, 0.5) is 20.2 Å². The molecular formula is C27H20F2N4O6. The van der Waals surface area contributed by atoms with Gasteiger partial charge < -0.3 is 30.0 Å². The summed E-state index contributed by atoms with van der Waals surface area (Å²) in [5.74, 6) is -2.14. The molecule has 2 amide bonds. The van der Waals surface area contributed by atoms with E-state index in [1.165, 1.54) is 48.8 Å². The third-order valence-corrected chi connectivity index (χ3v) is 6.48. The second-order valence-electron chi connectivity index (χ2n) is 9.06. The molecule has 0 radical (unpaired) electrons. The fourth-order valence-corrected chi connectivity index (χ4v) is 4.25. The molecule has 1 aromatic heterocycles. The number of ether oxygens (including phenoxy) is 3. The number of aromatic nitrogens is 2. The molecule has 39 heavy (non-hydrogen) atoms. The minimum absolute atomic E-state index is 0.0485. The van der Waals surface area contributed by atoms with Crippen LogP contribution < -0.4 is 24.8 Å². The van der Waals surface area contributed by atoms with E-state index in [2.05, 4.69) is 20.6 Å². The number of phenols is 1. The van der Waals surface area contributed by atoms with Gasteiger partial charge in [-0.15, -0.1) is 0 Å². The lowest BCUT2D eigenvalue weighted by Gasteiger charge is -2.21. The number of carbonyl (C=O) groups excluding carboxylic acids is 2. The van der Waals surface area contributed by atoms with E-state index < -0.39 is 28.9 Å². The number of halogens is 2. The van der Waals surface area contributed by atoms with E-state index in [9.17, 15) is 19.1 Å². The Bertz CT molecular complexity index is 1630. The van der Waals surface area contributed by atoms with E-state index in [1.54, 1.807) is 0 Å². The monoisotopic (exact) mass is 534 g/mol. The SMILES string of the molecule is O=C(Nc1ccc(F)cc1)C1(C(=O)Nc2ccc(Oc3ncnc4cc(O)c5c(c34)OCCO5)cc2F)CC1. The van der Waals surface area contributed by atoms with Crippen molar-refractivity contribution in [1.82, 2.24) is 9.97 Å². The number of hydrogen-bond donors (Lipinski definition) is 3. The number of carbonyl (C=O) groups is 2.